The highest BCUT2D eigenvalue weighted by Gasteiger charge is 2.47. The molecular formula is C45H41N5O. The quantitative estimate of drug-likeness (QED) is 0.183. The predicted octanol–water partition coefficient (Wildman–Crippen LogP) is 10.3. The van der Waals surface area contributed by atoms with E-state index in [2.05, 4.69) is 182 Å². The zero-order valence-electron chi connectivity index (χ0n) is 30.0. The van der Waals surface area contributed by atoms with E-state index in [4.69, 9.17) is 9.72 Å². The molecule has 0 saturated carbocycles. The van der Waals surface area contributed by atoms with Crippen LogP contribution in [0.4, 0.5) is 17.1 Å². The molecule has 4 aromatic carbocycles. The first kappa shape index (κ1) is 31.1. The number of hydrogen-bond donors (Lipinski definition) is 0. The van der Waals surface area contributed by atoms with Crippen molar-refractivity contribution < 1.29 is 4.74 Å². The van der Waals surface area contributed by atoms with Crippen molar-refractivity contribution in [3.8, 4) is 22.8 Å². The van der Waals surface area contributed by atoms with E-state index in [1.165, 1.54) is 39.2 Å². The fourth-order valence-corrected chi connectivity index (χ4v) is 8.20. The van der Waals surface area contributed by atoms with Gasteiger partial charge in [-0.3, -0.25) is 0 Å². The van der Waals surface area contributed by atoms with Crippen LogP contribution in [-0.4, -0.2) is 28.1 Å². The third kappa shape index (κ3) is 4.69. The third-order valence-corrected chi connectivity index (χ3v) is 10.9. The molecule has 0 fully saturated rings. The second-order valence-electron chi connectivity index (χ2n) is 15.0. The summed E-state index contributed by atoms with van der Waals surface area (Å²) >= 11 is 0. The van der Waals surface area contributed by atoms with Crippen molar-refractivity contribution in [1.82, 2.24) is 14.4 Å². The van der Waals surface area contributed by atoms with Crippen LogP contribution in [0.2, 0.25) is 0 Å². The average Bonchev–Trinajstić information content (AvgIpc) is 3.75. The lowest BCUT2D eigenvalue weighted by Gasteiger charge is -2.35. The van der Waals surface area contributed by atoms with Crippen LogP contribution >= 0.6 is 0 Å². The highest BCUT2D eigenvalue weighted by atomic mass is 16.5. The first-order chi connectivity index (χ1) is 24.6. The molecule has 4 heterocycles. The van der Waals surface area contributed by atoms with Gasteiger partial charge in [-0.25, -0.2) is 9.97 Å². The van der Waals surface area contributed by atoms with Gasteiger partial charge in [0.05, 0.1) is 29.2 Å². The van der Waals surface area contributed by atoms with Gasteiger partial charge in [-0.15, -0.1) is 0 Å². The molecule has 252 valence electrons. The number of anilines is 3. The summed E-state index contributed by atoms with van der Waals surface area (Å²) < 4.78 is 9.00. The summed E-state index contributed by atoms with van der Waals surface area (Å²) in [6, 6.07) is 41.8. The molecule has 2 aliphatic rings. The normalized spacial score (nSPS) is 14.5. The molecule has 51 heavy (non-hydrogen) atoms. The SMILES string of the molecule is Cc1nc2c(Oc3cc(C(C)(C)C)ccn3)cc(C3(c4cccc(N5CN(C)c6ccccc65)c4)c4ccccc4-c4ccccc43)cn2c1C. The lowest BCUT2D eigenvalue weighted by atomic mass is 9.68. The molecule has 1 aliphatic heterocycles. The van der Waals surface area contributed by atoms with E-state index in [9.17, 15) is 0 Å². The van der Waals surface area contributed by atoms with Crippen LogP contribution in [0.3, 0.4) is 0 Å². The topological polar surface area (TPSA) is 45.9 Å². The number of ether oxygens (including phenoxy) is 1. The molecule has 0 amide bonds. The van der Waals surface area contributed by atoms with E-state index in [1.807, 2.05) is 6.20 Å². The van der Waals surface area contributed by atoms with Gasteiger partial charge in [-0.1, -0.05) is 93.6 Å². The van der Waals surface area contributed by atoms with Crippen LogP contribution in [0.1, 0.15) is 60.0 Å². The molecule has 6 nitrogen and oxygen atoms in total. The van der Waals surface area contributed by atoms with E-state index in [-0.39, 0.29) is 5.41 Å². The first-order valence-electron chi connectivity index (χ1n) is 17.7. The Morgan fingerprint density at radius 2 is 1.41 bits per heavy atom. The molecule has 6 heteroatoms. The van der Waals surface area contributed by atoms with Gasteiger partial charge < -0.3 is 18.9 Å². The Morgan fingerprint density at radius 1 is 0.725 bits per heavy atom. The number of pyridine rings is 2. The number of fused-ring (bicyclic) bond motifs is 5. The molecule has 0 bridgehead atoms. The number of benzene rings is 4. The van der Waals surface area contributed by atoms with Gasteiger partial charge in [0.2, 0.25) is 5.88 Å². The Morgan fingerprint density at radius 3 is 2.14 bits per heavy atom. The van der Waals surface area contributed by atoms with Crippen LogP contribution in [0, 0.1) is 13.8 Å². The summed E-state index contributed by atoms with van der Waals surface area (Å²) in [5.41, 5.74) is 14.2. The Labute approximate surface area is 299 Å². The molecule has 0 radical (unpaired) electrons. The van der Waals surface area contributed by atoms with Crippen LogP contribution in [0.25, 0.3) is 16.8 Å². The van der Waals surface area contributed by atoms with Gasteiger partial charge in [0, 0.05) is 36.9 Å². The van der Waals surface area contributed by atoms with Gasteiger partial charge in [0.25, 0.3) is 0 Å². The monoisotopic (exact) mass is 667 g/mol. The smallest absolute Gasteiger partial charge is 0.219 e. The van der Waals surface area contributed by atoms with Gasteiger partial charge in [0.15, 0.2) is 11.4 Å². The molecular weight excluding hydrogens is 627 g/mol. The predicted molar refractivity (Wildman–Crippen MR) is 207 cm³/mol. The number of nitrogens with zero attached hydrogens (tertiary/aromatic N) is 5. The number of hydrogen-bond acceptors (Lipinski definition) is 5. The fraction of sp³-hybridized carbons (Fsp3) is 0.200. The molecule has 0 atom stereocenters. The minimum Gasteiger partial charge on any atom is -0.435 e. The number of para-hydroxylation sites is 2. The maximum atomic E-state index is 6.80. The molecule has 7 aromatic rings. The fourth-order valence-electron chi connectivity index (χ4n) is 8.20. The standard InChI is InChI=1S/C45H41N5O/c1-29-30(2)49-27-33(25-41(43(49)47-29)51-42-26-31(22-23-46-42)44(3,4)5)45(37-18-9-7-16-35(37)36-17-8-10-19-38(36)45)32-14-13-15-34(24-32)50-28-48(6)39-20-11-12-21-40(39)50/h7-27H,28H2,1-6H3. The lowest BCUT2D eigenvalue weighted by Crippen LogP contribution is -2.30. The summed E-state index contributed by atoms with van der Waals surface area (Å²) in [5.74, 6) is 1.23. The summed E-state index contributed by atoms with van der Waals surface area (Å²) in [7, 11) is 2.16. The van der Waals surface area contributed by atoms with E-state index in [1.54, 1.807) is 0 Å². The van der Waals surface area contributed by atoms with Gasteiger partial charge in [-0.2, -0.15) is 0 Å². The summed E-state index contributed by atoms with van der Waals surface area (Å²) in [6.45, 7) is 11.6. The third-order valence-electron chi connectivity index (χ3n) is 10.9. The first-order valence-corrected chi connectivity index (χ1v) is 17.7. The van der Waals surface area contributed by atoms with E-state index >= 15 is 0 Å². The van der Waals surface area contributed by atoms with E-state index in [0.29, 0.717) is 11.6 Å². The summed E-state index contributed by atoms with van der Waals surface area (Å²) in [4.78, 5) is 14.4. The summed E-state index contributed by atoms with van der Waals surface area (Å²) in [5, 5.41) is 0. The molecule has 0 saturated heterocycles. The maximum absolute atomic E-state index is 6.80. The van der Waals surface area contributed by atoms with Crippen molar-refractivity contribution in [3.63, 3.8) is 0 Å². The zero-order valence-corrected chi connectivity index (χ0v) is 30.0. The molecule has 0 spiro atoms. The summed E-state index contributed by atoms with van der Waals surface area (Å²) in [6.07, 6.45) is 4.12. The van der Waals surface area contributed by atoms with Crippen molar-refractivity contribution in [3.05, 3.63) is 167 Å². The van der Waals surface area contributed by atoms with Crippen LogP contribution < -0.4 is 14.5 Å². The van der Waals surface area contributed by atoms with Crippen molar-refractivity contribution in [1.29, 1.82) is 0 Å². The number of rotatable bonds is 5. The molecule has 1 aliphatic carbocycles. The molecule has 9 rings (SSSR count). The average molecular weight is 668 g/mol. The highest BCUT2D eigenvalue weighted by molar-refractivity contribution is 5.88. The minimum absolute atomic E-state index is 0.0459. The van der Waals surface area contributed by atoms with Crippen LogP contribution in [0.5, 0.6) is 11.6 Å². The molecule has 0 N–H and O–H groups in total. The van der Waals surface area contributed by atoms with E-state index < -0.39 is 5.41 Å². The lowest BCUT2D eigenvalue weighted by molar-refractivity contribution is 0.459. The van der Waals surface area contributed by atoms with Crippen molar-refractivity contribution >= 4 is 22.7 Å². The number of aromatic nitrogens is 3. The maximum Gasteiger partial charge on any atom is 0.219 e. The Hall–Kier alpha value is -5.88. The highest BCUT2D eigenvalue weighted by Crippen LogP contribution is 2.57. The largest absolute Gasteiger partial charge is 0.435 e. The number of imidazole rings is 1. The zero-order chi connectivity index (χ0) is 35.1. The Balaban J connectivity index is 1.32. The minimum atomic E-state index is -0.647. The van der Waals surface area contributed by atoms with Crippen LogP contribution in [0.15, 0.2) is 128 Å². The van der Waals surface area contributed by atoms with Crippen molar-refractivity contribution in [2.45, 2.75) is 45.4 Å². The molecule has 0 unspecified atom stereocenters. The second kappa shape index (κ2) is 11.3. The van der Waals surface area contributed by atoms with Gasteiger partial charge >= 0.3 is 0 Å². The van der Waals surface area contributed by atoms with E-state index in [0.717, 1.165) is 40.5 Å². The van der Waals surface area contributed by atoms with Gasteiger partial charge in [-0.05, 0) is 94.6 Å². The second-order valence-corrected chi connectivity index (χ2v) is 15.0. The van der Waals surface area contributed by atoms with Crippen LogP contribution in [-0.2, 0) is 10.8 Å². The van der Waals surface area contributed by atoms with Crippen molar-refractivity contribution in [2.75, 3.05) is 23.5 Å². The van der Waals surface area contributed by atoms with Crippen molar-refractivity contribution in [2.24, 2.45) is 0 Å². The van der Waals surface area contributed by atoms with Gasteiger partial charge in [0.1, 0.15) is 0 Å². The Kier molecular flexibility index (Phi) is 6.91. The number of aryl methyl sites for hydroxylation is 2. The Bertz CT molecular complexity index is 2440. The molecule has 3 aromatic heterocycles.